The lowest BCUT2D eigenvalue weighted by Crippen LogP contribution is -2.01. The van der Waals surface area contributed by atoms with Crippen LogP contribution in [-0.2, 0) is 12.8 Å². The van der Waals surface area contributed by atoms with Crippen molar-refractivity contribution in [2.45, 2.75) is 52.4 Å². The van der Waals surface area contributed by atoms with Gasteiger partial charge in [0.05, 0.1) is 0 Å². The Kier molecular flexibility index (Phi) is 7.07. The molecule has 2 atom stereocenters. The highest BCUT2D eigenvalue weighted by atomic mass is 14.5. The molecule has 4 aromatic carbocycles. The normalized spacial score (nSPS) is 12.9. The van der Waals surface area contributed by atoms with E-state index in [-0.39, 0.29) is 0 Å². The summed E-state index contributed by atoms with van der Waals surface area (Å²) in [5.74, 6) is 0.711. The molecule has 0 aliphatic rings. The lowest BCUT2D eigenvalue weighted by molar-refractivity contribution is 0.897. The largest absolute Gasteiger partial charge is 0.399 e. The number of hydrogen-bond donors (Lipinski definition) is 2. The number of nitrogens with two attached hydrogens (primary N) is 2. The van der Waals surface area contributed by atoms with Gasteiger partial charge in [-0.25, -0.2) is 0 Å². The van der Waals surface area contributed by atoms with Crippen LogP contribution < -0.4 is 11.5 Å². The number of nitrogen functional groups attached to an aromatic ring is 2. The molecule has 0 radical (unpaired) electrons. The van der Waals surface area contributed by atoms with Crippen molar-refractivity contribution in [2.24, 2.45) is 0 Å². The van der Waals surface area contributed by atoms with Crippen molar-refractivity contribution in [2.75, 3.05) is 11.5 Å². The van der Waals surface area contributed by atoms with Gasteiger partial charge in [0.25, 0.3) is 0 Å². The molecule has 4 N–H and O–H groups in total. The fraction of sp³-hybridized carbons (Fsp3) is 0.250. The molecule has 0 aliphatic heterocycles. The average molecular weight is 449 g/mol. The van der Waals surface area contributed by atoms with Gasteiger partial charge in [0.2, 0.25) is 0 Å². The molecule has 0 heterocycles. The lowest BCUT2D eigenvalue weighted by Gasteiger charge is -2.17. The molecule has 2 nitrogen and oxygen atoms in total. The van der Waals surface area contributed by atoms with Gasteiger partial charge in [0.1, 0.15) is 0 Å². The van der Waals surface area contributed by atoms with Crippen molar-refractivity contribution in [1.82, 2.24) is 0 Å². The fourth-order valence-electron chi connectivity index (χ4n) is 4.96. The lowest BCUT2D eigenvalue weighted by atomic mass is 9.88. The molecule has 0 aliphatic carbocycles. The van der Waals surface area contributed by atoms with Crippen LogP contribution in [0.15, 0.2) is 84.9 Å². The second kappa shape index (κ2) is 10.2. The monoisotopic (exact) mass is 448 g/mol. The standard InChI is InChI=1S/C32H36N2/c1-21-19-29(33)15-17-31(21)23(3)27-11-7-25(8-12-27)5-6-26-9-13-28(14-10-26)24(4)32-18-16-30(34)20-22(32)2/h7-20,23-24H,5-6,33-34H2,1-4H3. The second-order valence-corrected chi connectivity index (χ2v) is 9.66. The third-order valence-electron chi connectivity index (χ3n) is 7.18. The summed E-state index contributed by atoms with van der Waals surface area (Å²) in [6.07, 6.45) is 2.09. The Labute approximate surface area is 204 Å². The fourth-order valence-corrected chi connectivity index (χ4v) is 4.96. The van der Waals surface area contributed by atoms with Crippen molar-refractivity contribution >= 4 is 11.4 Å². The molecule has 0 saturated heterocycles. The van der Waals surface area contributed by atoms with Gasteiger partial charge >= 0.3 is 0 Å². The first-order valence-electron chi connectivity index (χ1n) is 12.2. The van der Waals surface area contributed by atoms with E-state index in [4.69, 9.17) is 11.5 Å². The van der Waals surface area contributed by atoms with Crippen LogP contribution in [0.3, 0.4) is 0 Å². The molecule has 0 aromatic heterocycles. The Morgan fingerprint density at radius 3 is 1.21 bits per heavy atom. The van der Waals surface area contributed by atoms with E-state index in [0.717, 1.165) is 24.2 Å². The van der Waals surface area contributed by atoms with E-state index in [9.17, 15) is 0 Å². The highest BCUT2D eigenvalue weighted by molar-refractivity contribution is 5.48. The Morgan fingerprint density at radius 1 is 0.529 bits per heavy atom. The highest BCUT2D eigenvalue weighted by Gasteiger charge is 2.12. The number of anilines is 2. The topological polar surface area (TPSA) is 52.0 Å². The Hall–Kier alpha value is -3.52. The summed E-state index contributed by atoms with van der Waals surface area (Å²) >= 11 is 0. The van der Waals surface area contributed by atoms with Crippen LogP contribution in [0.2, 0.25) is 0 Å². The van der Waals surface area contributed by atoms with Crippen LogP contribution >= 0.6 is 0 Å². The molecule has 0 bridgehead atoms. The summed E-state index contributed by atoms with van der Waals surface area (Å²) in [6, 6.07) is 30.6. The molecule has 0 amide bonds. The van der Waals surface area contributed by atoms with Gasteiger partial charge in [-0.05, 0) is 95.5 Å². The van der Waals surface area contributed by atoms with Gasteiger partial charge in [-0.3, -0.25) is 0 Å². The van der Waals surface area contributed by atoms with E-state index < -0.39 is 0 Å². The second-order valence-electron chi connectivity index (χ2n) is 9.66. The zero-order valence-electron chi connectivity index (χ0n) is 20.8. The molecule has 0 saturated carbocycles. The summed E-state index contributed by atoms with van der Waals surface area (Å²) < 4.78 is 0. The molecule has 0 fully saturated rings. The van der Waals surface area contributed by atoms with Crippen molar-refractivity contribution < 1.29 is 0 Å². The first-order chi connectivity index (χ1) is 16.3. The van der Waals surface area contributed by atoms with E-state index in [2.05, 4.69) is 100 Å². The molecule has 0 spiro atoms. The molecular weight excluding hydrogens is 412 g/mol. The maximum absolute atomic E-state index is 5.92. The molecule has 34 heavy (non-hydrogen) atoms. The molecule has 2 heteroatoms. The van der Waals surface area contributed by atoms with Crippen LogP contribution in [-0.4, -0.2) is 0 Å². The SMILES string of the molecule is Cc1cc(N)ccc1C(C)c1ccc(CCc2ccc(C(C)c3ccc(N)cc3C)cc2)cc1. The van der Waals surface area contributed by atoms with Gasteiger partial charge in [0.15, 0.2) is 0 Å². The predicted molar refractivity (Wildman–Crippen MR) is 147 cm³/mol. The Bertz CT molecular complexity index is 1150. The summed E-state index contributed by atoms with van der Waals surface area (Å²) in [6.45, 7) is 8.81. The van der Waals surface area contributed by atoms with Crippen LogP contribution in [0.5, 0.6) is 0 Å². The van der Waals surface area contributed by atoms with Gasteiger partial charge in [-0.2, -0.15) is 0 Å². The number of benzene rings is 4. The van der Waals surface area contributed by atoms with Gasteiger partial charge in [-0.15, -0.1) is 0 Å². The van der Waals surface area contributed by atoms with E-state index in [1.54, 1.807) is 0 Å². The van der Waals surface area contributed by atoms with Crippen molar-refractivity contribution in [3.8, 4) is 0 Å². The Morgan fingerprint density at radius 2 is 0.882 bits per heavy atom. The first kappa shape index (κ1) is 23.6. The molecule has 174 valence electrons. The highest BCUT2D eigenvalue weighted by Crippen LogP contribution is 2.29. The molecule has 4 aromatic rings. The minimum Gasteiger partial charge on any atom is -0.399 e. The number of hydrogen-bond acceptors (Lipinski definition) is 2. The van der Waals surface area contributed by atoms with Crippen molar-refractivity contribution in [3.63, 3.8) is 0 Å². The summed E-state index contributed by atoms with van der Waals surface area (Å²) in [7, 11) is 0. The Balaban J connectivity index is 1.38. The smallest absolute Gasteiger partial charge is 0.0316 e. The van der Waals surface area contributed by atoms with Crippen LogP contribution in [0.4, 0.5) is 11.4 Å². The third kappa shape index (κ3) is 5.34. The molecule has 2 unspecified atom stereocenters. The third-order valence-corrected chi connectivity index (χ3v) is 7.18. The number of rotatable bonds is 7. The minimum atomic E-state index is 0.355. The quantitative estimate of drug-likeness (QED) is 0.287. The van der Waals surface area contributed by atoms with Gasteiger partial charge in [0, 0.05) is 23.2 Å². The van der Waals surface area contributed by atoms with E-state index in [1.165, 1.54) is 44.5 Å². The summed E-state index contributed by atoms with van der Waals surface area (Å²) in [4.78, 5) is 0. The first-order valence-corrected chi connectivity index (χ1v) is 12.2. The van der Waals surface area contributed by atoms with E-state index in [0.29, 0.717) is 11.8 Å². The van der Waals surface area contributed by atoms with Crippen LogP contribution in [0.25, 0.3) is 0 Å². The maximum Gasteiger partial charge on any atom is 0.0316 e. The summed E-state index contributed by atoms with van der Waals surface area (Å²) in [5.41, 5.74) is 24.1. The van der Waals surface area contributed by atoms with E-state index in [1.807, 2.05) is 12.1 Å². The number of aryl methyl sites for hydroxylation is 4. The average Bonchev–Trinajstić information content (AvgIpc) is 2.83. The summed E-state index contributed by atoms with van der Waals surface area (Å²) in [5, 5.41) is 0. The predicted octanol–water partition coefficient (Wildman–Crippen LogP) is 7.56. The van der Waals surface area contributed by atoms with Gasteiger partial charge in [-0.1, -0.05) is 74.5 Å². The minimum absolute atomic E-state index is 0.355. The van der Waals surface area contributed by atoms with Crippen molar-refractivity contribution in [1.29, 1.82) is 0 Å². The zero-order valence-corrected chi connectivity index (χ0v) is 20.8. The molecule has 4 rings (SSSR count). The molecular formula is C32H36N2. The van der Waals surface area contributed by atoms with Gasteiger partial charge < -0.3 is 11.5 Å². The zero-order chi connectivity index (χ0) is 24.2. The van der Waals surface area contributed by atoms with E-state index >= 15 is 0 Å². The maximum atomic E-state index is 5.92. The van der Waals surface area contributed by atoms with Crippen LogP contribution in [0, 0.1) is 13.8 Å². The van der Waals surface area contributed by atoms with Crippen molar-refractivity contribution in [3.05, 3.63) is 129 Å². The van der Waals surface area contributed by atoms with Crippen LogP contribution in [0.1, 0.15) is 70.2 Å².